The first kappa shape index (κ1) is 32.4. The van der Waals surface area contributed by atoms with E-state index in [0.717, 1.165) is 19.3 Å². The van der Waals surface area contributed by atoms with Gasteiger partial charge in [-0.1, -0.05) is 102 Å². The molecule has 0 aliphatic carbocycles. The van der Waals surface area contributed by atoms with Gasteiger partial charge in [-0.15, -0.1) is 4.91 Å². The minimum absolute atomic E-state index is 0.101. The summed E-state index contributed by atoms with van der Waals surface area (Å²) in [6.45, 7) is 1.74. The van der Waals surface area contributed by atoms with Crippen molar-refractivity contribution in [2.24, 2.45) is 5.18 Å². The molecule has 0 radical (unpaired) electrons. The third-order valence-corrected chi connectivity index (χ3v) is 5.93. The summed E-state index contributed by atoms with van der Waals surface area (Å²) in [5.74, 6) is -2.16. The smallest absolute Gasteiger partial charge is 0.332 e. The monoisotopic (exact) mass is 488 g/mol. The minimum atomic E-state index is -1.65. The van der Waals surface area contributed by atoms with Crippen LogP contribution in [0.15, 0.2) is 5.18 Å². The number of nitrogens with zero attached hydrogens (tertiary/aromatic N) is 1. The van der Waals surface area contributed by atoms with Gasteiger partial charge in [-0.25, -0.2) is 4.79 Å². The molecule has 0 saturated heterocycles. The van der Waals surface area contributed by atoms with Crippen molar-refractivity contribution < 1.29 is 29.6 Å². The first-order chi connectivity index (χ1) is 16.4. The standard InChI is InChI=1S/C25H48N2O7/c1-2-3-4-5-6-7-8-9-10-11-12-13-14-15-16-17-24(30)34-21(20-28)19-26-23(29)18-22(27-33)25(31)32/h21-22,24,28,30H,2-20H2,1H3,(H,26,29)(H,31,32). The summed E-state index contributed by atoms with van der Waals surface area (Å²) in [6, 6.07) is -1.65. The molecule has 0 aliphatic heterocycles. The molecule has 34 heavy (non-hydrogen) atoms. The van der Waals surface area contributed by atoms with E-state index >= 15 is 0 Å². The number of nitrogens with one attached hydrogen (secondary N) is 1. The van der Waals surface area contributed by atoms with Crippen molar-refractivity contribution in [3.63, 3.8) is 0 Å². The number of amides is 1. The SMILES string of the molecule is CCCCCCCCCCCCCCCCCC(O)OC(CO)CNC(=O)CC(N=O)C(=O)O. The number of ether oxygens (including phenoxy) is 1. The number of nitroso groups, excluding NO2 is 1. The summed E-state index contributed by atoms with van der Waals surface area (Å²) >= 11 is 0. The fraction of sp³-hybridized carbons (Fsp3) is 0.920. The zero-order chi connectivity index (χ0) is 25.4. The number of carbonyl (C=O) groups is 2. The molecule has 3 unspecified atom stereocenters. The van der Waals surface area contributed by atoms with Crippen molar-refractivity contribution in [3.8, 4) is 0 Å². The molecule has 0 bridgehead atoms. The van der Waals surface area contributed by atoms with Crippen molar-refractivity contribution >= 4 is 11.9 Å². The number of unbranched alkanes of at least 4 members (excludes halogenated alkanes) is 14. The lowest BCUT2D eigenvalue weighted by atomic mass is 10.0. The van der Waals surface area contributed by atoms with E-state index in [2.05, 4.69) is 17.4 Å². The number of carboxylic acids is 1. The number of carbonyl (C=O) groups excluding carboxylic acids is 1. The number of hydrogen-bond donors (Lipinski definition) is 4. The van der Waals surface area contributed by atoms with Crippen LogP contribution >= 0.6 is 0 Å². The molecule has 0 aromatic rings. The van der Waals surface area contributed by atoms with Gasteiger partial charge in [-0.2, -0.15) is 0 Å². The average Bonchev–Trinajstić information content (AvgIpc) is 2.82. The fourth-order valence-electron chi connectivity index (χ4n) is 3.78. The molecule has 0 heterocycles. The highest BCUT2D eigenvalue weighted by Gasteiger charge is 2.22. The van der Waals surface area contributed by atoms with Gasteiger partial charge in [0, 0.05) is 6.54 Å². The van der Waals surface area contributed by atoms with Gasteiger partial charge in [0.15, 0.2) is 12.3 Å². The number of hydrogen-bond acceptors (Lipinski definition) is 7. The Kier molecular flexibility index (Phi) is 22.1. The number of aliphatic carboxylic acids is 1. The quantitative estimate of drug-likeness (QED) is 0.0829. The molecular formula is C25H48N2O7. The van der Waals surface area contributed by atoms with Gasteiger partial charge in [0.2, 0.25) is 5.91 Å². The molecule has 9 nitrogen and oxygen atoms in total. The van der Waals surface area contributed by atoms with Crippen LogP contribution < -0.4 is 5.32 Å². The van der Waals surface area contributed by atoms with Crippen LogP contribution in [0.25, 0.3) is 0 Å². The predicted octanol–water partition coefficient (Wildman–Crippen LogP) is 4.67. The van der Waals surface area contributed by atoms with E-state index in [9.17, 15) is 24.7 Å². The summed E-state index contributed by atoms with van der Waals surface area (Å²) in [4.78, 5) is 32.8. The maximum Gasteiger partial charge on any atom is 0.332 e. The predicted molar refractivity (Wildman–Crippen MR) is 132 cm³/mol. The third-order valence-electron chi connectivity index (χ3n) is 5.93. The topological polar surface area (TPSA) is 146 Å². The molecule has 0 aromatic carbocycles. The van der Waals surface area contributed by atoms with Crippen molar-refractivity contribution in [1.29, 1.82) is 0 Å². The lowest BCUT2D eigenvalue weighted by Crippen LogP contribution is -2.39. The van der Waals surface area contributed by atoms with Gasteiger partial charge in [-0.05, 0) is 12.8 Å². The first-order valence-electron chi connectivity index (χ1n) is 13.2. The lowest BCUT2D eigenvalue weighted by Gasteiger charge is -2.20. The van der Waals surface area contributed by atoms with Crippen molar-refractivity contribution in [1.82, 2.24) is 5.32 Å². The molecule has 200 valence electrons. The number of rotatable bonds is 25. The van der Waals surface area contributed by atoms with Crippen LogP contribution in [0.5, 0.6) is 0 Å². The van der Waals surface area contributed by atoms with E-state index in [1.165, 1.54) is 77.0 Å². The Labute approximate surface area is 205 Å². The molecule has 4 N–H and O–H groups in total. The summed E-state index contributed by atoms with van der Waals surface area (Å²) in [7, 11) is 0. The second kappa shape index (κ2) is 23.2. The summed E-state index contributed by atoms with van der Waals surface area (Å²) < 4.78 is 5.34. The van der Waals surface area contributed by atoms with Crippen molar-refractivity contribution in [3.05, 3.63) is 4.91 Å². The van der Waals surface area contributed by atoms with E-state index < -0.39 is 43.3 Å². The van der Waals surface area contributed by atoms with Crippen molar-refractivity contribution in [2.75, 3.05) is 13.2 Å². The summed E-state index contributed by atoms with van der Waals surface area (Å²) in [5, 5.41) is 32.8. The van der Waals surface area contributed by atoms with E-state index in [1.54, 1.807) is 0 Å². The highest BCUT2D eigenvalue weighted by molar-refractivity contribution is 5.84. The van der Waals surface area contributed by atoms with Crippen LogP contribution in [0.4, 0.5) is 0 Å². The van der Waals surface area contributed by atoms with Gasteiger partial charge in [0.1, 0.15) is 6.10 Å². The molecule has 0 fully saturated rings. The Morgan fingerprint density at radius 2 is 1.32 bits per heavy atom. The molecule has 0 rings (SSSR count). The van der Waals surface area contributed by atoms with E-state index in [4.69, 9.17) is 9.84 Å². The van der Waals surface area contributed by atoms with Crippen LogP contribution in [0.1, 0.15) is 116 Å². The van der Waals surface area contributed by atoms with Crippen LogP contribution in [-0.4, -0.2) is 58.8 Å². The van der Waals surface area contributed by atoms with Crippen LogP contribution in [0.2, 0.25) is 0 Å². The second-order valence-electron chi connectivity index (χ2n) is 9.10. The molecule has 0 spiro atoms. The number of aliphatic hydroxyl groups excluding tert-OH is 2. The molecule has 9 heteroatoms. The van der Waals surface area contributed by atoms with Gasteiger partial charge < -0.3 is 25.4 Å². The maximum absolute atomic E-state index is 11.7. The van der Waals surface area contributed by atoms with E-state index in [0.29, 0.717) is 6.42 Å². The first-order valence-corrected chi connectivity index (χ1v) is 13.2. The lowest BCUT2D eigenvalue weighted by molar-refractivity contribution is -0.151. The fourth-order valence-corrected chi connectivity index (χ4v) is 3.78. The summed E-state index contributed by atoms with van der Waals surface area (Å²) in [5.41, 5.74) is 0. The molecule has 0 aromatic heterocycles. The highest BCUT2D eigenvalue weighted by Crippen LogP contribution is 2.14. The zero-order valence-corrected chi connectivity index (χ0v) is 21.1. The summed E-state index contributed by atoms with van der Waals surface area (Å²) in [6.07, 6.45) is 16.9. The number of carboxylic acid groups (broad SMARTS) is 1. The molecule has 0 aliphatic rings. The minimum Gasteiger partial charge on any atom is -0.480 e. The Bertz CT molecular complexity index is 519. The Hall–Kier alpha value is -1.58. The highest BCUT2D eigenvalue weighted by atomic mass is 16.6. The molecule has 0 saturated carbocycles. The maximum atomic E-state index is 11.7. The van der Waals surface area contributed by atoms with E-state index in [-0.39, 0.29) is 6.54 Å². The van der Waals surface area contributed by atoms with Gasteiger partial charge in [0.05, 0.1) is 13.0 Å². The van der Waals surface area contributed by atoms with Crippen LogP contribution in [0, 0.1) is 4.91 Å². The van der Waals surface area contributed by atoms with Gasteiger partial charge in [0.25, 0.3) is 0 Å². The van der Waals surface area contributed by atoms with Crippen LogP contribution in [-0.2, 0) is 14.3 Å². The second-order valence-corrected chi connectivity index (χ2v) is 9.10. The Morgan fingerprint density at radius 1 is 0.853 bits per heavy atom. The normalized spacial score (nSPS) is 13.9. The van der Waals surface area contributed by atoms with Crippen LogP contribution in [0.3, 0.4) is 0 Å². The van der Waals surface area contributed by atoms with Gasteiger partial charge >= 0.3 is 5.97 Å². The van der Waals surface area contributed by atoms with Gasteiger partial charge in [-0.3, -0.25) is 4.79 Å². The Morgan fingerprint density at radius 3 is 1.74 bits per heavy atom. The average molecular weight is 489 g/mol. The largest absolute Gasteiger partial charge is 0.480 e. The number of aliphatic hydroxyl groups is 2. The molecular weight excluding hydrogens is 440 g/mol. The molecule has 3 atom stereocenters. The zero-order valence-electron chi connectivity index (χ0n) is 21.1. The third kappa shape index (κ3) is 19.9. The molecule has 1 amide bonds. The van der Waals surface area contributed by atoms with E-state index in [1.807, 2.05) is 0 Å². The Balaban J connectivity index is 3.63. The van der Waals surface area contributed by atoms with Crippen molar-refractivity contribution in [2.45, 2.75) is 135 Å².